The fraction of sp³-hybridized carbons (Fsp3) is 0.640. The largest absolute Gasteiger partial charge is 0.490 e. The summed E-state index contributed by atoms with van der Waals surface area (Å²) in [6.07, 6.45) is 0.245. The molecule has 2 aliphatic carbocycles. The van der Waals surface area contributed by atoms with E-state index in [1.165, 1.54) is 4.90 Å². The highest BCUT2D eigenvalue weighted by atomic mass is 19.4. The molecule has 36 heavy (non-hydrogen) atoms. The number of ether oxygens (including phenoxy) is 1. The standard InChI is InChI=1S/C25H32F3N3O5/c1-29(17-36-21(34)25(26,27)28)24(19-8-3-2-4-9-19)12-10-23(11-13-24)16-30(15-20(32)33)22(35)31(23)14-18-6-5-7-18/h2-4,8-9,18H,5-7,10-17H2,1H3,(H,32,33). The van der Waals surface area contributed by atoms with Gasteiger partial charge in [-0.3, -0.25) is 9.69 Å². The van der Waals surface area contributed by atoms with Gasteiger partial charge in [0.1, 0.15) is 13.3 Å². The lowest BCUT2D eigenvalue weighted by atomic mass is 9.68. The number of urea groups is 1. The monoisotopic (exact) mass is 511 g/mol. The number of alkyl halides is 3. The molecule has 1 aliphatic heterocycles. The summed E-state index contributed by atoms with van der Waals surface area (Å²) in [5.41, 5.74) is -0.351. The summed E-state index contributed by atoms with van der Waals surface area (Å²) in [5.74, 6) is -2.90. The Balaban J connectivity index is 1.57. The van der Waals surface area contributed by atoms with Crippen LogP contribution in [0.15, 0.2) is 30.3 Å². The van der Waals surface area contributed by atoms with Gasteiger partial charge in [0.05, 0.1) is 5.54 Å². The van der Waals surface area contributed by atoms with E-state index in [2.05, 4.69) is 4.74 Å². The summed E-state index contributed by atoms with van der Waals surface area (Å²) in [6, 6.07) is 9.11. The topological polar surface area (TPSA) is 90.4 Å². The number of carboxylic acids is 1. The van der Waals surface area contributed by atoms with Gasteiger partial charge in [-0.15, -0.1) is 0 Å². The van der Waals surface area contributed by atoms with Crippen LogP contribution in [0.1, 0.15) is 50.5 Å². The highest BCUT2D eigenvalue weighted by Crippen LogP contribution is 2.50. The number of carbonyl (C=O) groups excluding carboxylic acids is 2. The minimum absolute atomic E-state index is 0.260. The average molecular weight is 512 g/mol. The number of aliphatic carboxylic acids is 1. The predicted molar refractivity (Wildman–Crippen MR) is 123 cm³/mol. The van der Waals surface area contributed by atoms with E-state index in [1.807, 2.05) is 35.2 Å². The van der Waals surface area contributed by atoms with E-state index in [1.54, 1.807) is 11.9 Å². The summed E-state index contributed by atoms with van der Waals surface area (Å²) >= 11 is 0. The maximum Gasteiger partial charge on any atom is 0.490 e. The first-order chi connectivity index (χ1) is 17.0. The SMILES string of the molecule is CN(COC(=O)C(F)(F)F)C1(c2ccccc2)CCC2(CC1)CN(CC(=O)O)C(=O)N2CC1CCC1. The number of carboxylic acid groups (broad SMARTS) is 1. The number of hydrogen-bond acceptors (Lipinski definition) is 5. The van der Waals surface area contributed by atoms with Gasteiger partial charge in [-0.25, -0.2) is 9.59 Å². The molecule has 2 amide bonds. The van der Waals surface area contributed by atoms with Crippen LogP contribution in [0.25, 0.3) is 0 Å². The summed E-state index contributed by atoms with van der Waals surface area (Å²) in [7, 11) is 1.64. The van der Waals surface area contributed by atoms with Crippen molar-refractivity contribution in [1.29, 1.82) is 0 Å². The van der Waals surface area contributed by atoms with E-state index in [9.17, 15) is 32.7 Å². The first-order valence-corrected chi connectivity index (χ1v) is 12.3. The molecule has 11 heteroatoms. The molecule has 3 fully saturated rings. The van der Waals surface area contributed by atoms with Gasteiger partial charge in [-0.2, -0.15) is 13.2 Å². The second-order valence-electron chi connectivity index (χ2n) is 10.3. The summed E-state index contributed by atoms with van der Waals surface area (Å²) in [5, 5.41) is 9.33. The molecule has 1 saturated heterocycles. The number of rotatable bonds is 8. The lowest BCUT2D eigenvalue weighted by molar-refractivity contribution is -0.206. The quantitative estimate of drug-likeness (QED) is 0.422. The van der Waals surface area contributed by atoms with Gasteiger partial charge < -0.3 is 19.6 Å². The van der Waals surface area contributed by atoms with Gasteiger partial charge >= 0.3 is 24.1 Å². The van der Waals surface area contributed by atoms with Gasteiger partial charge in [-0.1, -0.05) is 36.8 Å². The lowest BCUT2D eigenvalue weighted by Crippen LogP contribution is -2.57. The van der Waals surface area contributed by atoms with Crippen LogP contribution in [0, 0.1) is 5.92 Å². The second-order valence-corrected chi connectivity index (χ2v) is 10.3. The Morgan fingerprint density at radius 2 is 1.78 bits per heavy atom. The molecule has 8 nitrogen and oxygen atoms in total. The van der Waals surface area contributed by atoms with Crippen molar-refractivity contribution in [2.24, 2.45) is 5.92 Å². The van der Waals surface area contributed by atoms with Crippen molar-refractivity contribution in [3.05, 3.63) is 35.9 Å². The highest BCUT2D eigenvalue weighted by molar-refractivity contribution is 5.83. The Bertz CT molecular complexity index is 975. The fourth-order valence-corrected chi connectivity index (χ4v) is 5.93. The Labute approximate surface area is 208 Å². The molecule has 3 aliphatic rings. The fourth-order valence-electron chi connectivity index (χ4n) is 5.93. The summed E-state index contributed by atoms with van der Waals surface area (Å²) in [4.78, 5) is 40.9. The first-order valence-electron chi connectivity index (χ1n) is 12.3. The Hall–Kier alpha value is -2.82. The summed E-state index contributed by atoms with van der Waals surface area (Å²) in [6.45, 7) is 0.00376. The Morgan fingerprint density at radius 1 is 1.14 bits per heavy atom. The molecule has 0 atom stereocenters. The number of benzene rings is 1. The zero-order valence-corrected chi connectivity index (χ0v) is 20.3. The van der Waals surface area contributed by atoms with Crippen LogP contribution in [0.3, 0.4) is 0 Å². The van der Waals surface area contributed by atoms with Gasteiger partial charge in [0, 0.05) is 18.6 Å². The van der Waals surface area contributed by atoms with Crippen LogP contribution in [0.5, 0.6) is 0 Å². The van der Waals surface area contributed by atoms with Gasteiger partial charge in [0.15, 0.2) is 0 Å². The number of nitrogens with zero attached hydrogens (tertiary/aromatic N) is 3. The van der Waals surface area contributed by atoms with E-state index in [0.29, 0.717) is 44.7 Å². The number of amides is 2. The van der Waals surface area contributed by atoms with E-state index in [-0.39, 0.29) is 12.6 Å². The minimum atomic E-state index is -5.07. The van der Waals surface area contributed by atoms with E-state index >= 15 is 0 Å². The van der Waals surface area contributed by atoms with E-state index in [4.69, 9.17) is 0 Å². The molecule has 0 radical (unpaired) electrons. The van der Waals surface area contributed by atoms with Crippen molar-refractivity contribution in [2.75, 3.05) is 33.4 Å². The molecule has 1 spiro atoms. The second kappa shape index (κ2) is 9.91. The molecule has 4 rings (SSSR count). The first kappa shape index (κ1) is 26.2. The van der Waals surface area contributed by atoms with Gasteiger partial charge in [-0.05, 0) is 57.1 Å². The molecule has 1 N–H and O–H groups in total. The Kier molecular flexibility index (Phi) is 7.23. The average Bonchev–Trinajstić information content (AvgIpc) is 3.04. The molecule has 198 valence electrons. The van der Waals surface area contributed by atoms with Crippen molar-refractivity contribution in [1.82, 2.24) is 14.7 Å². The van der Waals surface area contributed by atoms with Gasteiger partial charge in [0.2, 0.25) is 0 Å². The van der Waals surface area contributed by atoms with Crippen LogP contribution in [0.2, 0.25) is 0 Å². The molecule has 0 aromatic heterocycles. The van der Waals surface area contributed by atoms with Crippen molar-refractivity contribution in [3.63, 3.8) is 0 Å². The molecule has 0 unspecified atom stereocenters. The van der Waals surface area contributed by atoms with Crippen LogP contribution >= 0.6 is 0 Å². The lowest BCUT2D eigenvalue weighted by Gasteiger charge is -2.52. The van der Waals surface area contributed by atoms with Crippen LogP contribution in [-0.2, 0) is 19.9 Å². The smallest absolute Gasteiger partial charge is 0.480 e. The molecule has 1 heterocycles. The zero-order valence-electron chi connectivity index (χ0n) is 20.3. The highest BCUT2D eigenvalue weighted by Gasteiger charge is 2.55. The van der Waals surface area contributed by atoms with Crippen LogP contribution in [0.4, 0.5) is 18.0 Å². The molecule has 1 aromatic carbocycles. The van der Waals surface area contributed by atoms with Gasteiger partial charge in [0.25, 0.3) is 0 Å². The maximum atomic E-state index is 13.2. The van der Waals surface area contributed by atoms with E-state index in [0.717, 1.165) is 24.8 Å². The minimum Gasteiger partial charge on any atom is -0.480 e. The number of carbonyl (C=O) groups is 3. The third-order valence-corrected chi connectivity index (χ3v) is 8.22. The normalized spacial score (nSPS) is 27.0. The molecule has 1 aromatic rings. The van der Waals surface area contributed by atoms with E-state index < -0.39 is 35.9 Å². The summed E-state index contributed by atoms with van der Waals surface area (Å²) < 4.78 is 42.8. The maximum absolute atomic E-state index is 13.2. The van der Waals surface area contributed by atoms with Crippen molar-refractivity contribution < 1.29 is 37.4 Å². The predicted octanol–water partition coefficient (Wildman–Crippen LogP) is 3.81. The number of hydrogen-bond donors (Lipinski definition) is 1. The van der Waals surface area contributed by atoms with Crippen molar-refractivity contribution >= 4 is 18.0 Å². The third kappa shape index (κ3) is 5.02. The van der Waals surface area contributed by atoms with Crippen molar-refractivity contribution in [2.45, 2.75) is 62.2 Å². The number of halogens is 3. The molecule has 2 saturated carbocycles. The van der Waals surface area contributed by atoms with Crippen molar-refractivity contribution in [3.8, 4) is 0 Å². The molecular formula is C25H32F3N3O5. The third-order valence-electron chi connectivity index (χ3n) is 8.22. The number of esters is 1. The zero-order chi connectivity index (χ0) is 26.1. The van der Waals surface area contributed by atoms with Crippen LogP contribution in [-0.4, -0.2) is 82.9 Å². The van der Waals surface area contributed by atoms with Crippen LogP contribution < -0.4 is 0 Å². The Morgan fingerprint density at radius 3 is 2.31 bits per heavy atom. The molecular weight excluding hydrogens is 479 g/mol. The molecule has 0 bridgehead atoms.